The molecule has 28 heavy (non-hydrogen) atoms. The van der Waals surface area contributed by atoms with Gasteiger partial charge in [0.1, 0.15) is 6.54 Å². The summed E-state index contributed by atoms with van der Waals surface area (Å²) >= 11 is 6.43. The van der Waals surface area contributed by atoms with E-state index in [-0.39, 0.29) is 12.5 Å². The lowest BCUT2D eigenvalue weighted by molar-refractivity contribution is -0.116. The molecule has 2 heterocycles. The quantitative estimate of drug-likeness (QED) is 0.486. The Morgan fingerprint density at radius 2 is 1.89 bits per heavy atom. The van der Waals surface area contributed by atoms with Crippen molar-refractivity contribution in [2.24, 2.45) is 0 Å². The molecule has 1 amide bonds. The zero-order valence-corrected chi connectivity index (χ0v) is 16.5. The normalized spacial score (nSPS) is 10.8. The minimum Gasteiger partial charge on any atom is -0.299 e. The summed E-state index contributed by atoms with van der Waals surface area (Å²) in [7, 11) is 0. The molecule has 0 fully saturated rings. The Kier molecular flexibility index (Phi) is 5.09. The molecular formula is C19H16N6OS2. The summed E-state index contributed by atoms with van der Waals surface area (Å²) in [6.07, 6.45) is 0. The standard InChI is InChI=1S/C19H16N6OS2/c1-12-7-9-14(10-8-12)17-22-23-19(27)25(17)11-15(26)20-18-21-16(24-28-18)13-5-3-2-4-6-13/h2-10H,11H2,1H3,(H,23,27)(H,20,21,24,26). The number of nitrogens with one attached hydrogen (secondary N) is 2. The summed E-state index contributed by atoms with van der Waals surface area (Å²) in [6, 6.07) is 17.5. The number of anilines is 1. The number of carbonyl (C=O) groups is 1. The Hall–Kier alpha value is -3.17. The van der Waals surface area contributed by atoms with Gasteiger partial charge in [-0.3, -0.25) is 19.8 Å². The number of nitrogens with zero attached hydrogens (tertiary/aromatic N) is 4. The molecule has 2 aromatic heterocycles. The third kappa shape index (κ3) is 3.90. The van der Waals surface area contributed by atoms with Crippen molar-refractivity contribution in [3.05, 3.63) is 64.9 Å². The highest BCUT2D eigenvalue weighted by Gasteiger charge is 2.14. The maximum absolute atomic E-state index is 12.5. The number of hydrogen-bond donors (Lipinski definition) is 2. The smallest absolute Gasteiger partial charge is 0.246 e. The van der Waals surface area contributed by atoms with Gasteiger partial charge in [-0.05, 0) is 19.1 Å². The van der Waals surface area contributed by atoms with Crippen LogP contribution in [0.25, 0.3) is 22.8 Å². The first kappa shape index (κ1) is 18.2. The lowest BCUT2D eigenvalue weighted by atomic mass is 10.1. The van der Waals surface area contributed by atoms with Crippen molar-refractivity contribution < 1.29 is 4.79 Å². The van der Waals surface area contributed by atoms with Gasteiger partial charge in [-0.2, -0.15) is 14.5 Å². The largest absolute Gasteiger partial charge is 0.299 e. The number of aromatic amines is 1. The van der Waals surface area contributed by atoms with E-state index in [1.807, 2.05) is 61.5 Å². The number of aryl methyl sites for hydroxylation is 1. The fraction of sp³-hybridized carbons (Fsp3) is 0.105. The van der Waals surface area contributed by atoms with Gasteiger partial charge in [0.25, 0.3) is 0 Å². The summed E-state index contributed by atoms with van der Waals surface area (Å²) in [4.78, 5) is 16.9. The fourth-order valence-electron chi connectivity index (χ4n) is 2.67. The number of rotatable bonds is 5. The molecule has 0 aliphatic heterocycles. The van der Waals surface area contributed by atoms with Crippen LogP contribution in [-0.2, 0) is 11.3 Å². The number of amides is 1. The van der Waals surface area contributed by atoms with Crippen LogP contribution in [0.2, 0.25) is 0 Å². The fourth-order valence-corrected chi connectivity index (χ4v) is 3.47. The van der Waals surface area contributed by atoms with E-state index in [1.54, 1.807) is 4.57 Å². The zero-order valence-electron chi connectivity index (χ0n) is 14.9. The molecule has 2 aromatic carbocycles. The number of carbonyl (C=O) groups excluding carboxylic acids is 1. The molecular weight excluding hydrogens is 392 g/mol. The topological polar surface area (TPSA) is 88.5 Å². The number of benzene rings is 2. The highest BCUT2D eigenvalue weighted by Crippen LogP contribution is 2.21. The maximum atomic E-state index is 12.5. The average Bonchev–Trinajstić information content (AvgIpc) is 3.31. The van der Waals surface area contributed by atoms with Crippen molar-refractivity contribution in [1.29, 1.82) is 0 Å². The van der Waals surface area contributed by atoms with Crippen LogP contribution in [-0.4, -0.2) is 30.0 Å². The Morgan fingerprint density at radius 3 is 2.64 bits per heavy atom. The van der Waals surface area contributed by atoms with Gasteiger partial charge in [-0.1, -0.05) is 60.2 Å². The molecule has 0 atom stereocenters. The Bertz CT molecular complexity index is 1160. The third-order valence-corrected chi connectivity index (χ3v) is 5.02. The molecule has 0 bridgehead atoms. The minimum absolute atomic E-state index is 0.0266. The molecule has 140 valence electrons. The summed E-state index contributed by atoms with van der Waals surface area (Å²) in [5, 5.41) is 10.2. The molecule has 9 heteroatoms. The second kappa shape index (κ2) is 7.83. The molecule has 0 spiro atoms. The van der Waals surface area contributed by atoms with Gasteiger partial charge in [0.05, 0.1) is 0 Å². The Morgan fingerprint density at radius 1 is 1.14 bits per heavy atom. The number of hydrogen-bond acceptors (Lipinski definition) is 6. The molecule has 0 saturated carbocycles. The molecule has 0 unspecified atom stereocenters. The first-order valence-corrected chi connectivity index (χ1v) is 9.69. The van der Waals surface area contributed by atoms with Crippen molar-refractivity contribution in [3.63, 3.8) is 0 Å². The van der Waals surface area contributed by atoms with E-state index in [4.69, 9.17) is 12.2 Å². The predicted molar refractivity (Wildman–Crippen MR) is 112 cm³/mol. The molecule has 4 aromatic rings. The number of H-pyrrole nitrogens is 1. The van der Waals surface area contributed by atoms with Crippen LogP contribution in [0.4, 0.5) is 5.13 Å². The maximum Gasteiger partial charge on any atom is 0.246 e. The summed E-state index contributed by atoms with van der Waals surface area (Å²) in [5.74, 6) is 0.949. The lowest BCUT2D eigenvalue weighted by Gasteiger charge is -2.07. The first-order valence-electron chi connectivity index (χ1n) is 8.51. The first-order chi connectivity index (χ1) is 13.6. The van der Waals surface area contributed by atoms with Gasteiger partial charge in [-0.25, -0.2) is 0 Å². The Balaban J connectivity index is 1.51. The predicted octanol–water partition coefficient (Wildman–Crippen LogP) is 4.07. The van der Waals surface area contributed by atoms with Crippen molar-refractivity contribution in [2.45, 2.75) is 13.5 Å². The molecule has 0 radical (unpaired) electrons. The van der Waals surface area contributed by atoms with Crippen molar-refractivity contribution >= 4 is 34.8 Å². The van der Waals surface area contributed by atoms with Crippen LogP contribution in [0.5, 0.6) is 0 Å². The van der Waals surface area contributed by atoms with Crippen LogP contribution in [0, 0.1) is 11.7 Å². The highest BCUT2D eigenvalue weighted by atomic mass is 32.1. The zero-order chi connectivity index (χ0) is 19.5. The van der Waals surface area contributed by atoms with Crippen LogP contribution < -0.4 is 5.32 Å². The van der Waals surface area contributed by atoms with E-state index in [0.29, 0.717) is 21.6 Å². The molecule has 2 N–H and O–H groups in total. The van der Waals surface area contributed by atoms with Crippen LogP contribution in [0.3, 0.4) is 0 Å². The minimum atomic E-state index is -0.248. The van der Waals surface area contributed by atoms with E-state index in [0.717, 1.165) is 28.2 Å². The summed E-state index contributed by atoms with van der Waals surface area (Å²) < 4.78 is 6.34. The Labute approximate surface area is 170 Å². The number of aromatic nitrogens is 5. The van der Waals surface area contributed by atoms with E-state index in [2.05, 4.69) is 24.9 Å². The monoisotopic (exact) mass is 408 g/mol. The van der Waals surface area contributed by atoms with E-state index in [9.17, 15) is 4.79 Å². The second-order valence-corrected chi connectivity index (χ2v) is 7.28. The van der Waals surface area contributed by atoms with Crippen LogP contribution >= 0.6 is 23.8 Å². The molecule has 0 aliphatic carbocycles. The van der Waals surface area contributed by atoms with E-state index >= 15 is 0 Å². The van der Waals surface area contributed by atoms with Crippen LogP contribution in [0.15, 0.2) is 54.6 Å². The van der Waals surface area contributed by atoms with Crippen molar-refractivity contribution in [2.75, 3.05) is 5.32 Å². The average molecular weight is 409 g/mol. The van der Waals surface area contributed by atoms with Gasteiger partial charge in [0.15, 0.2) is 16.4 Å². The lowest BCUT2D eigenvalue weighted by Crippen LogP contribution is -2.19. The SMILES string of the molecule is Cc1ccc(-c2n[nH]c(=S)n2CC(=O)Nc2nc(-c3ccccc3)ns2)cc1. The molecule has 4 rings (SSSR count). The third-order valence-electron chi connectivity index (χ3n) is 4.07. The highest BCUT2D eigenvalue weighted by molar-refractivity contribution is 7.71. The molecule has 0 aliphatic rings. The van der Waals surface area contributed by atoms with E-state index < -0.39 is 0 Å². The second-order valence-electron chi connectivity index (χ2n) is 6.14. The van der Waals surface area contributed by atoms with Gasteiger partial charge < -0.3 is 0 Å². The van der Waals surface area contributed by atoms with Gasteiger partial charge in [0, 0.05) is 22.7 Å². The van der Waals surface area contributed by atoms with Gasteiger partial charge in [-0.15, -0.1) is 0 Å². The molecule has 7 nitrogen and oxygen atoms in total. The van der Waals surface area contributed by atoms with E-state index in [1.165, 1.54) is 0 Å². The van der Waals surface area contributed by atoms with Gasteiger partial charge >= 0.3 is 0 Å². The molecule has 0 saturated heterocycles. The van der Waals surface area contributed by atoms with Crippen molar-refractivity contribution in [3.8, 4) is 22.8 Å². The summed E-state index contributed by atoms with van der Waals surface area (Å²) in [5.41, 5.74) is 2.93. The van der Waals surface area contributed by atoms with Crippen molar-refractivity contribution in [1.82, 2.24) is 24.1 Å². The van der Waals surface area contributed by atoms with Gasteiger partial charge in [0.2, 0.25) is 11.0 Å². The summed E-state index contributed by atoms with van der Waals surface area (Å²) in [6.45, 7) is 2.04. The van der Waals surface area contributed by atoms with Crippen LogP contribution in [0.1, 0.15) is 5.56 Å².